The fraction of sp³-hybridized carbons (Fsp3) is 0.588. The molecule has 18 heavy (non-hydrogen) atoms. The highest BCUT2D eigenvalue weighted by Crippen LogP contribution is 2.30. The number of hydrogen-bond donors (Lipinski definition) is 0. The van der Waals surface area contributed by atoms with Gasteiger partial charge in [-0.05, 0) is 41.4 Å². The van der Waals surface area contributed by atoms with Crippen LogP contribution in [0.1, 0.15) is 63.6 Å². The van der Waals surface area contributed by atoms with Crippen LogP contribution in [0.3, 0.4) is 0 Å². The lowest BCUT2D eigenvalue weighted by atomic mass is 9.81. The third-order valence-electron chi connectivity index (χ3n) is 3.38. The van der Waals surface area contributed by atoms with Gasteiger partial charge in [0, 0.05) is 0 Å². The van der Waals surface area contributed by atoms with E-state index < -0.39 is 0 Å². The second-order valence-corrected chi connectivity index (χ2v) is 6.63. The molecule has 0 fully saturated rings. The molecule has 1 atom stereocenters. The van der Waals surface area contributed by atoms with Crippen molar-refractivity contribution < 1.29 is 0 Å². The lowest BCUT2D eigenvalue weighted by Gasteiger charge is -2.22. The molecule has 0 aliphatic carbocycles. The highest BCUT2D eigenvalue weighted by Gasteiger charge is 2.19. The Hall–Kier alpha value is -1.29. The molecule has 98 valence electrons. The van der Waals surface area contributed by atoms with Gasteiger partial charge in [0.05, 0.1) is 12.0 Å². The van der Waals surface area contributed by atoms with Gasteiger partial charge in [0.2, 0.25) is 0 Å². The predicted octanol–water partition coefficient (Wildman–Crippen LogP) is 4.95. The molecule has 1 rings (SSSR count). The van der Waals surface area contributed by atoms with Gasteiger partial charge in [-0.15, -0.1) is 0 Å². The first-order valence-electron chi connectivity index (χ1n) is 6.76. The topological polar surface area (TPSA) is 23.8 Å². The van der Waals surface area contributed by atoms with Gasteiger partial charge in [-0.2, -0.15) is 5.26 Å². The molecule has 1 aromatic carbocycles. The fourth-order valence-corrected chi connectivity index (χ4v) is 2.20. The second-order valence-electron chi connectivity index (χ2n) is 6.63. The molecule has 0 amide bonds. The number of nitriles is 1. The van der Waals surface area contributed by atoms with E-state index in [9.17, 15) is 5.26 Å². The molecule has 0 aliphatic rings. The third-order valence-corrected chi connectivity index (χ3v) is 3.38. The van der Waals surface area contributed by atoms with Crippen LogP contribution in [-0.2, 0) is 5.41 Å². The van der Waals surface area contributed by atoms with Crippen LogP contribution in [0.4, 0.5) is 0 Å². The molecule has 1 unspecified atom stereocenters. The minimum absolute atomic E-state index is 0.0206. The molecule has 1 aromatic rings. The predicted molar refractivity (Wildman–Crippen MR) is 77.7 cm³/mol. The third kappa shape index (κ3) is 3.60. The molecular weight excluding hydrogens is 218 g/mol. The molecule has 0 bridgehead atoms. The average molecular weight is 243 g/mol. The summed E-state index contributed by atoms with van der Waals surface area (Å²) in [6, 6.07) is 9.03. The van der Waals surface area contributed by atoms with Gasteiger partial charge in [-0.25, -0.2) is 0 Å². The van der Waals surface area contributed by atoms with Crippen LogP contribution < -0.4 is 0 Å². The number of benzene rings is 1. The molecular formula is C17H25N. The Morgan fingerprint density at radius 1 is 1.22 bits per heavy atom. The van der Waals surface area contributed by atoms with Crippen molar-refractivity contribution in [1.29, 1.82) is 5.26 Å². The maximum Gasteiger partial charge on any atom is 0.0717 e. The molecule has 0 saturated carbocycles. The van der Waals surface area contributed by atoms with Crippen molar-refractivity contribution in [3.63, 3.8) is 0 Å². The Labute approximate surface area is 112 Å². The maximum absolute atomic E-state index is 9.40. The molecule has 1 nitrogen and oxygen atoms in total. The Morgan fingerprint density at radius 3 is 2.28 bits per heavy atom. The molecule has 1 heteroatoms. The summed E-state index contributed by atoms with van der Waals surface area (Å²) in [4.78, 5) is 0. The van der Waals surface area contributed by atoms with Crippen molar-refractivity contribution in [3.8, 4) is 6.07 Å². The van der Waals surface area contributed by atoms with Crippen molar-refractivity contribution in [2.45, 2.75) is 59.3 Å². The SMILES string of the molecule is Cc1ccc(C(C)(C)C)cc1C(C#N)CC(C)C. The van der Waals surface area contributed by atoms with Crippen molar-refractivity contribution in [3.05, 3.63) is 34.9 Å². The average Bonchev–Trinajstić information content (AvgIpc) is 2.25. The standard InChI is InChI=1S/C17H25N/c1-12(2)9-14(11-18)16-10-15(17(4,5)6)8-7-13(16)3/h7-8,10,12,14H,9H2,1-6H3. The highest BCUT2D eigenvalue weighted by atomic mass is 14.3. The van der Waals surface area contributed by atoms with Crippen LogP contribution in [-0.4, -0.2) is 0 Å². The molecule has 0 N–H and O–H groups in total. The van der Waals surface area contributed by atoms with E-state index in [-0.39, 0.29) is 11.3 Å². The lowest BCUT2D eigenvalue weighted by Crippen LogP contribution is -2.13. The minimum Gasteiger partial charge on any atom is -0.198 e. The lowest BCUT2D eigenvalue weighted by molar-refractivity contribution is 0.550. The summed E-state index contributed by atoms with van der Waals surface area (Å²) < 4.78 is 0. The quantitative estimate of drug-likeness (QED) is 0.737. The number of nitrogens with zero attached hydrogens (tertiary/aromatic N) is 1. The maximum atomic E-state index is 9.40. The Bertz CT molecular complexity index is 444. The minimum atomic E-state index is 0.0206. The summed E-state index contributed by atoms with van der Waals surface area (Å²) in [7, 11) is 0. The first-order valence-corrected chi connectivity index (χ1v) is 6.76. The Morgan fingerprint density at radius 2 is 1.83 bits per heavy atom. The van der Waals surface area contributed by atoms with E-state index in [0.29, 0.717) is 5.92 Å². The van der Waals surface area contributed by atoms with Gasteiger partial charge in [0.25, 0.3) is 0 Å². The number of aryl methyl sites for hydroxylation is 1. The zero-order valence-corrected chi connectivity index (χ0v) is 12.5. The summed E-state index contributed by atoms with van der Waals surface area (Å²) in [6.07, 6.45) is 0.935. The summed E-state index contributed by atoms with van der Waals surface area (Å²) in [6.45, 7) is 13.1. The molecule has 0 aliphatic heterocycles. The zero-order chi connectivity index (χ0) is 13.9. The molecule has 0 aromatic heterocycles. The molecule has 0 spiro atoms. The Kier molecular flexibility index (Phi) is 4.57. The van der Waals surface area contributed by atoms with E-state index in [1.165, 1.54) is 16.7 Å². The second kappa shape index (κ2) is 5.57. The van der Waals surface area contributed by atoms with Crippen molar-refractivity contribution >= 4 is 0 Å². The molecule has 0 saturated heterocycles. The molecule has 0 heterocycles. The van der Waals surface area contributed by atoms with E-state index in [2.05, 4.69) is 65.8 Å². The normalized spacial score (nSPS) is 13.4. The van der Waals surface area contributed by atoms with Crippen LogP contribution in [0.25, 0.3) is 0 Å². The summed E-state index contributed by atoms with van der Waals surface area (Å²) >= 11 is 0. The highest BCUT2D eigenvalue weighted by molar-refractivity contribution is 5.39. The van der Waals surface area contributed by atoms with E-state index in [1.54, 1.807) is 0 Å². The first kappa shape index (κ1) is 14.8. The van der Waals surface area contributed by atoms with Gasteiger partial charge < -0.3 is 0 Å². The van der Waals surface area contributed by atoms with Gasteiger partial charge in [-0.1, -0.05) is 52.8 Å². The van der Waals surface area contributed by atoms with Crippen LogP contribution in [0.15, 0.2) is 18.2 Å². The number of hydrogen-bond acceptors (Lipinski definition) is 1. The van der Waals surface area contributed by atoms with E-state index in [4.69, 9.17) is 0 Å². The van der Waals surface area contributed by atoms with Gasteiger partial charge in [0.1, 0.15) is 0 Å². The fourth-order valence-electron chi connectivity index (χ4n) is 2.20. The van der Waals surface area contributed by atoms with Crippen LogP contribution in [0.2, 0.25) is 0 Å². The van der Waals surface area contributed by atoms with Crippen molar-refractivity contribution in [1.82, 2.24) is 0 Å². The van der Waals surface area contributed by atoms with Crippen LogP contribution in [0.5, 0.6) is 0 Å². The number of rotatable bonds is 3. The summed E-state index contributed by atoms with van der Waals surface area (Å²) in [5, 5.41) is 9.40. The van der Waals surface area contributed by atoms with Gasteiger partial charge in [0.15, 0.2) is 0 Å². The van der Waals surface area contributed by atoms with Crippen molar-refractivity contribution in [2.24, 2.45) is 5.92 Å². The smallest absolute Gasteiger partial charge is 0.0717 e. The summed E-state index contributed by atoms with van der Waals surface area (Å²) in [5.41, 5.74) is 3.89. The summed E-state index contributed by atoms with van der Waals surface area (Å²) in [5.74, 6) is 0.569. The van der Waals surface area contributed by atoms with Crippen LogP contribution in [0, 0.1) is 24.2 Å². The Balaban J connectivity index is 3.18. The zero-order valence-electron chi connectivity index (χ0n) is 12.5. The van der Waals surface area contributed by atoms with E-state index in [1.807, 2.05) is 0 Å². The van der Waals surface area contributed by atoms with Gasteiger partial charge in [-0.3, -0.25) is 0 Å². The largest absolute Gasteiger partial charge is 0.198 e. The first-order chi connectivity index (χ1) is 8.25. The van der Waals surface area contributed by atoms with E-state index in [0.717, 1.165) is 6.42 Å². The van der Waals surface area contributed by atoms with Gasteiger partial charge >= 0.3 is 0 Å². The monoisotopic (exact) mass is 243 g/mol. The molecule has 0 radical (unpaired) electrons. The van der Waals surface area contributed by atoms with Crippen molar-refractivity contribution in [2.75, 3.05) is 0 Å². The van der Waals surface area contributed by atoms with Crippen LogP contribution >= 0.6 is 0 Å². The van der Waals surface area contributed by atoms with E-state index >= 15 is 0 Å².